The van der Waals surface area contributed by atoms with Crippen LogP contribution in [0.15, 0.2) is 48.5 Å². The zero-order valence-electron chi connectivity index (χ0n) is 15.2. The Hall–Kier alpha value is -2.82. The number of imide groups is 1. The third-order valence-corrected chi connectivity index (χ3v) is 4.59. The Kier molecular flexibility index (Phi) is 5.56. The highest BCUT2D eigenvalue weighted by molar-refractivity contribution is 6.23. The van der Waals surface area contributed by atoms with Crippen LogP contribution in [0.1, 0.15) is 31.7 Å². The highest BCUT2D eigenvalue weighted by Gasteiger charge is 2.39. The lowest BCUT2D eigenvalue weighted by Crippen LogP contribution is -2.34. The van der Waals surface area contributed by atoms with Crippen LogP contribution < -0.4 is 15.0 Å². The summed E-state index contributed by atoms with van der Waals surface area (Å²) in [4.78, 5) is 26.3. The first kappa shape index (κ1) is 18.0. The number of amides is 2. The number of carbonyl (C=O) groups excluding carboxylic acids is 2. The lowest BCUT2D eigenvalue weighted by molar-refractivity contribution is -0.121. The SMILES string of the molecule is CCCCc1ccc(NC2CC(=O)N(c3ccc(OC)cc3)C2=O)cc1. The lowest BCUT2D eigenvalue weighted by Gasteiger charge is -2.16. The molecule has 1 N–H and O–H groups in total. The van der Waals surface area contributed by atoms with E-state index in [1.165, 1.54) is 23.3 Å². The number of hydrogen-bond acceptors (Lipinski definition) is 4. The number of ether oxygens (including phenoxy) is 1. The van der Waals surface area contributed by atoms with E-state index in [1.807, 2.05) is 12.1 Å². The van der Waals surface area contributed by atoms with Gasteiger partial charge in [0.25, 0.3) is 5.91 Å². The predicted octanol–water partition coefficient (Wildman–Crippen LogP) is 3.78. The van der Waals surface area contributed by atoms with E-state index in [0.717, 1.165) is 12.1 Å². The van der Waals surface area contributed by atoms with Crippen molar-refractivity contribution in [1.82, 2.24) is 0 Å². The van der Waals surface area contributed by atoms with Gasteiger partial charge in [0.1, 0.15) is 11.8 Å². The maximum atomic E-state index is 12.7. The molecule has 2 aromatic carbocycles. The van der Waals surface area contributed by atoms with Crippen LogP contribution in [0.5, 0.6) is 5.75 Å². The summed E-state index contributed by atoms with van der Waals surface area (Å²) in [5.41, 5.74) is 2.71. The van der Waals surface area contributed by atoms with E-state index >= 15 is 0 Å². The van der Waals surface area contributed by atoms with Crippen LogP contribution in [0.2, 0.25) is 0 Å². The summed E-state index contributed by atoms with van der Waals surface area (Å²) < 4.78 is 5.12. The molecule has 1 aliphatic rings. The number of methoxy groups -OCH3 is 1. The quantitative estimate of drug-likeness (QED) is 0.771. The summed E-state index contributed by atoms with van der Waals surface area (Å²) in [7, 11) is 1.58. The van der Waals surface area contributed by atoms with Crippen molar-refractivity contribution in [1.29, 1.82) is 0 Å². The molecule has 1 atom stereocenters. The molecule has 1 heterocycles. The number of hydrogen-bond donors (Lipinski definition) is 1. The molecular weight excluding hydrogens is 328 g/mol. The molecule has 0 spiro atoms. The van der Waals surface area contributed by atoms with Gasteiger partial charge in [-0.05, 0) is 54.8 Å². The number of benzene rings is 2. The van der Waals surface area contributed by atoms with Crippen LogP contribution in [0.25, 0.3) is 0 Å². The van der Waals surface area contributed by atoms with Crippen molar-refractivity contribution >= 4 is 23.2 Å². The zero-order chi connectivity index (χ0) is 18.5. The minimum atomic E-state index is -0.536. The largest absolute Gasteiger partial charge is 0.497 e. The van der Waals surface area contributed by atoms with Gasteiger partial charge in [0.2, 0.25) is 5.91 Å². The third-order valence-electron chi connectivity index (χ3n) is 4.59. The molecule has 0 radical (unpaired) electrons. The highest BCUT2D eigenvalue weighted by atomic mass is 16.5. The number of nitrogens with one attached hydrogen (secondary N) is 1. The van der Waals surface area contributed by atoms with Gasteiger partial charge in [-0.2, -0.15) is 0 Å². The summed E-state index contributed by atoms with van der Waals surface area (Å²) in [5.74, 6) is 0.262. The maximum Gasteiger partial charge on any atom is 0.256 e. The van der Waals surface area contributed by atoms with Crippen molar-refractivity contribution in [3.8, 4) is 5.75 Å². The minimum absolute atomic E-state index is 0.155. The van der Waals surface area contributed by atoms with Gasteiger partial charge in [-0.1, -0.05) is 25.5 Å². The summed E-state index contributed by atoms with van der Waals surface area (Å²) in [6, 6.07) is 14.5. The Balaban J connectivity index is 1.68. The van der Waals surface area contributed by atoms with Gasteiger partial charge in [-0.3, -0.25) is 9.59 Å². The van der Waals surface area contributed by atoms with Gasteiger partial charge in [-0.15, -0.1) is 0 Å². The van der Waals surface area contributed by atoms with E-state index in [4.69, 9.17) is 4.74 Å². The van der Waals surface area contributed by atoms with Crippen molar-refractivity contribution in [2.75, 3.05) is 17.3 Å². The smallest absolute Gasteiger partial charge is 0.256 e. The molecular formula is C21H24N2O3. The first-order valence-corrected chi connectivity index (χ1v) is 8.98. The molecule has 2 amide bonds. The number of unbranched alkanes of at least 4 members (excludes halogenated alkanes) is 1. The molecule has 0 bridgehead atoms. The molecule has 2 aromatic rings. The van der Waals surface area contributed by atoms with E-state index in [2.05, 4.69) is 24.4 Å². The second-order valence-corrected chi connectivity index (χ2v) is 6.47. The molecule has 0 saturated carbocycles. The van der Waals surface area contributed by atoms with Crippen molar-refractivity contribution < 1.29 is 14.3 Å². The van der Waals surface area contributed by atoms with E-state index in [1.54, 1.807) is 31.4 Å². The summed E-state index contributed by atoms with van der Waals surface area (Å²) in [6.07, 6.45) is 3.55. The number of anilines is 2. The van der Waals surface area contributed by atoms with Crippen LogP contribution >= 0.6 is 0 Å². The van der Waals surface area contributed by atoms with E-state index in [9.17, 15) is 9.59 Å². The number of rotatable bonds is 7. The molecule has 5 nitrogen and oxygen atoms in total. The molecule has 1 fully saturated rings. The van der Waals surface area contributed by atoms with E-state index in [0.29, 0.717) is 11.4 Å². The number of carbonyl (C=O) groups is 2. The molecule has 1 saturated heterocycles. The molecule has 3 rings (SSSR count). The maximum absolute atomic E-state index is 12.7. The molecule has 5 heteroatoms. The monoisotopic (exact) mass is 352 g/mol. The fourth-order valence-corrected chi connectivity index (χ4v) is 3.10. The molecule has 26 heavy (non-hydrogen) atoms. The van der Waals surface area contributed by atoms with Crippen molar-refractivity contribution in [3.05, 3.63) is 54.1 Å². The van der Waals surface area contributed by atoms with Crippen molar-refractivity contribution in [2.24, 2.45) is 0 Å². The zero-order valence-corrected chi connectivity index (χ0v) is 15.2. The molecule has 0 aliphatic carbocycles. The van der Waals surface area contributed by atoms with Crippen LogP contribution in [0.3, 0.4) is 0 Å². The van der Waals surface area contributed by atoms with Crippen LogP contribution in [0.4, 0.5) is 11.4 Å². The van der Waals surface area contributed by atoms with Gasteiger partial charge < -0.3 is 10.1 Å². The summed E-state index contributed by atoms with van der Waals surface area (Å²) in [5, 5.41) is 3.19. The van der Waals surface area contributed by atoms with Gasteiger partial charge in [0.15, 0.2) is 0 Å². The second-order valence-electron chi connectivity index (χ2n) is 6.47. The predicted molar refractivity (Wildman–Crippen MR) is 103 cm³/mol. The Morgan fingerprint density at radius 1 is 1.08 bits per heavy atom. The van der Waals surface area contributed by atoms with Gasteiger partial charge in [0, 0.05) is 5.69 Å². The first-order chi connectivity index (χ1) is 12.6. The third kappa shape index (κ3) is 3.87. The van der Waals surface area contributed by atoms with Crippen LogP contribution in [0, 0.1) is 0 Å². The molecule has 136 valence electrons. The number of nitrogens with zero attached hydrogens (tertiary/aromatic N) is 1. The summed E-state index contributed by atoms with van der Waals surface area (Å²) >= 11 is 0. The Labute approximate surface area is 154 Å². The average Bonchev–Trinajstić information content (AvgIpc) is 2.94. The van der Waals surface area contributed by atoms with Crippen LogP contribution in [-0.4, -0.2) is 25.0 Å². The average molecular weight is 352 g/mol. The minimum Gasteiger partial charge on any atom is -0.497 e. The van der Waals surface area contributed by atoms with E-state index in [-0.39, 0.29) is 18.2 Å². The Morgan fingerprint density at radius 2 is 1.77 bits per heavy atom. The second kappa shape index (κ2) is 8.04. The fraction of sp³-hybridized carbons (Fsp3) is 0.333. The van der Waals surface area contributed by atoms with Crippen LogP contribution in [-0.2, 0) is 16.0 Å². The number of aryl methyl sites for hydroxylation is 1. The standard InChI is InChI=1S/C21H24N2O3/c1-3-4-5-15-6-8-16(9-7-15)22-19-14-20(24)23(21(19)25)17-10-12-18(26-2)13-11-17/h6-13,19,22H,3-5,14H2,1-2H3. The van der Waals surface area contributed by atoms with Gasteiger partial charge in [-0.25, -0.2) is 4.90 Å². The molecule has 0 aromatic heterocycles. The van der Waals surface area contributed by atoms with Crippen molar-refractivity contribution in [3.63, 3.8) is 0 Å². The summed E-state index contributed by atoms with van der Waals surface area (Å²) in [6.45, 7) is 2.17. The normalized spacial score (nSPS) is 16.8. The van der Waals surface area contributed by atoms with Gasteiger partial charge in [0.05, 0.1) is 19.2 Å². The Morgan fingerprint density at radius 3 is 2.38 bits per heavy atom. The van der Waals surface area contributed by atoms with Gasteiger partial charge >= 0.3 is 0 Å². The van der Waals surface area contributed by atoms with E-state index < -0.39 is 6.04 Å². The molecule has 1 unspecified atom stereocenters. The topological polar surface area (TPSA) is 58.6 Å². The first-order valence-electron chi connectivity index (χ1n) is 8.98. The molecule has 1 aliphatic heterocycles. The lowest BCUT2D eigenvalue weighted by atomic mass is 10.1. The highest BCUT2D eigenvalue weighted by Crippen LogP contribution is 2.26. The Bertz CT molecular complexity index is 769. The van der Waals surface area contributed by atoms with Crippen molar-refractivity contribution in [2.45, 2.75) is 38.6 Å². The fourth-order valence-electron chi connectivity index (χ4n) is 3.10.